The molecule has 1 unspecified atom stereocenters. The van der Waals surface area contributed by atoms with Crippen LogP contribution in [0, 0.1) is 5.92 Å². The molecule has 2 amide bonds. The van der Waals surface area contributed by atoms with E-state index >= 15 is 0 Å². The van der Waals surface area contributed by atoms with Gasteiger partial charge in [0, 0.05) is 36.2 Å². The molecule has 2 fully saturated rings. The maximum Gasteiger partial charge on any atom is 0.253 e. The first-order valence-corrected chi connectivity index (χ1v) is 11.6. The molecule has 3 aromatic rings. The highest BCUT2D eigenvalue weighted by atomic mass is 16.3. The molecule has 1 heterocycles. The Hall–Kier alpha value is -3.15. The lowest BCUT2D eigenvalue weighted by molar-refractivity contribution is -0.125. The van der Waals surface area contributed by atoms with Gasteiger partial charge in [0.15, 0.2) is 5.58 Å². The van der Waals surface area contributed by atoms with Gasteiger partial charge in [-0.05, 0) is 68.5 Å². The Morgan fingerprint density at radius 2 is 1.75 bits per heavy atom. The standard InChI is InChI=1S/C26H29N3O3/c1-29(21-15-14-20(16-21)27-24(30)17-6-2-3-7-17)26(31)19-12-10-18(11-13-19)25-28-22-8-4-5-9-23(22)32-25/h4-5,8-13,17,20-21H,2-3,6-7,14-16H2,1H3,(H,27,30)/t20-,21?/m0/s1. The number of para-hydroxylation sites is 2. The third kappa shape index (κ3) is 4.14. The van der Waals surface area contributed by atoms with Crippen LogP contribution >= 0.6 is 0 Å². The summed E-state index contributed by atoms with van der Waals surface area (Å²) in [5, 5.41) is 3.23. The van der Waals surface area contributed by atoms with Gasteiger partial charge >= 0.3 is 0 Å². The molecule has 0 saturated heterocycles. The summed E-state index contributed by atoms with van der Waals surface area (Å²) in [5.41, 5.74) is 3.05. The summed E-state index contributed by atoms with van der Waals surface area (Å²) in [7, 11) is 1.86. The summed E-state index contributed by atoms with van der Waals surface area (Å²) < 4.78 is 5.82. The summed E-state index contributed by atoms with van der Waals surface area (Å²) in [4.78, 5) is 31.8. The van der Waals surface area contributed by atoms with Gasteiger partial charge in [-0.2, -0.15) is 0 Å². The topological polar surface area (TPSA) is 75.4 Å². The number of fused-ring (bicyclic) bond motifs is 1. The van der Waals surface area contributed by atoms with E-state index in [1.54, 1.807) is 0 Å². The van der Waals surface area contributed by atoms with Crippen LogP contribution in [0.4, 0.5) is 0 Å². The van der Waals surface area contributed by atoms with Crippen LogP contribution in [-0.4, -0.2) is 40.8 Å². The lowest BCUT2D eigenvalue weighted by Crippen LogP contribution is -2.40. The van der Waals surface area contributed by atoms with Crippen molar-refractivity contribution < 1.29 is 14.0 Å². The number of rotatable bonds is 5. The molecule has 6 heteroatoms. The van der Waals surface area contributed by atoms with Gasteiger partial charge in [-0.15, -0.1) is 0 Å². The fourth-order valence-corrected chi connectivity index (χ4v) is 5.07. The quantitative estimate of drug-likeness (QED) is 0.630. The van der Waals surface area contributed by atoms with Crippen LogP contribution < -0.4 is 5.32 Å². The molecule has 5 rings (SSSR count). The normalized spacial score (nSPS) is 21.2. The number of benzene rings is 2. The van der Waals surface area contributed by atoms with E-state index in [4.69, 9.17) is 4.42 Å². The lowest BCUT2D eigenvalue weighted by Gasteiger charge is -2.25. The molecule has 0 aliphatic heterocycles. The van der Waals surface area contributed by atoms with Crippen molar-refractivity contribution in [2.75, 3.05) is 7.05 Å². The highest BCUT2D eigenvalue weighted by Gasteiger charge is 2.33. The molecular weight excluding hydrogens is 402 g/mol. The Bertz CT molecular complexity index is 1080. The average molecular weight is 432 g/mol. The summed E-state index contributed by atoms with van der Waals surface area (Å²) in [6.07, 6.45) is 7.01. The van der Waals surface area contributed by atoms with Crippen LogP contribution in [-0.2, 0) is 4.79 Å². The molecule has 2 aliphatic rings. The van der Waals surface area contributed by atoms with Crippen LogP contribution in [0.2, 0.25) is 0 Å². The third-order valence-electron chi connectivity index (χ3n) is 7.02. The molecule has 2 saturated carbocycles. The van der Waals surface area contributed by atoms with Gasteiger partial charge in [-0.3, -0.25) is 9.59 Å². The van der Waals surface area contributed by atoms with Crippen molar-refractivity contribution in [3.63, 3.8) is 0 Å². The van der Waals surface area contributed by atoms with E-state index in [1.807, 2.05) is 60.5 Å². The van der Waals surface area contributed by atoms with Crippen LogP contribution in [0.3, 0.4) is 0 Å². The zero-order valence-electron chi connectivity index (χ0n) is 18.4. The number of nitrogens with zero attached hydrogens (tertiary/aromatic N) is 2. The summed E-state index contributed by atoms with van der Waals surface area (Å²) in [5.74, 6) is 0.946. The van der Waals surface area contributed by atoms with Gasteiger partial charge in [0.25, 0.3) is 5.91 Å². The summed E-state index contributed by atoms with van der Waals surface area (Å²) in [6, 6.07) is 15.4. The smallest absolute Gasteiger partial charge is 0.253 e. The van der Waals surface area contributed by atoms with Crippen LogP contribution in [0.25, 0.3) is 22.6 Å². The minimum absolute atomic E-state index is 0.00175. The number of oxazole rings is 1. The van der Waals surface area contributed by atoms with Crippen LogP contribution in [0.1, 0.15) is 55.3 Å². The number of amides is 2. The number of hydrogen-bond acceptors (Lipinski definition) is 4. The Kier molecular flexibility index (Phi) is 5.68. The minimum atomic E-state index is 0.00175. The number of nitrogens with one attached hydrogen (secondary N) is 1. The first-order chi connectivity index (χ1) is 15.6. The van der Waals surface area contributed by atoms with Crippen molar-refractivity contribution in [1.82, 2.24) is 15.2 Å². The van der Waals surface area contributed by atoms with E-state index in [-0.39, 0.29) is 29.8 Å². The Morgan fingerprint density at radius 1 is 1.00 bits per heavy atom. The van der Waals surface area contributed by atoms with E-state index in [9.17, 15) is 9.59 Å². The third-order valence-corrected chi connectivity index (χ3v) is 7.02. The number of carbonyl (C=O) groups excluding carboxylic acids is 2. The zero-order chi connectivity index (χ0) is 22.1. The van der Waals surface area contributed by atoms with Crippen molar-refractivity contribution in [2.24, 2.45) is 5.92 Å². The van der Waals surface area contributed by atoms with Crippen molar-refractivity contribution in [1.29, 1.82) is 0 Å². The van der Waals surface area contributed by atoms with Crippen LogP contribution in [0.5, 0.6) is 0 Å². The fraction of sp³-hybridized carbons (Fsp3) is 0.423. The van der Waals surface area contributed by atoms with E-state index in [0.29, 0.717) is 11.5 Å². The molecular formula is C26H29N3O3. The van der Waals surface area contributed by atoms with Crippen molar-refractivity contribution in [3.05, 3.63) is 54.1 Å². The Balaban J connectivity index is 1.20. The number of aromatic nitrogens is 1. The fourth-order valence-electron chi connectivity index (χ4n) is 5.07. The molecule has 2 aliphatic carbocycles. The van der Waals surface area contributed by atoms with Crippen LogP contribution in [0.15, 0.2) is 52.9 Å². The molecule has 6 nitrogen and oxygen atoms in total. The largest absolute Gasteiger partial charge is 0.436 e. The van der Waals surface area contributed by atoms with E-state index in [1.165, 1.54) is 0 Å². The SMILES string of the molecule is CN(C(=O)c1ccc(-c2nc3ccccc3o2)cc1)C1CC[C@H](NC(=O)C2CCCC2)C1. The van der Waals surface area contributed by atoms with Gasteiger partial charge in [0.05, 0.1) is 0 Å². The van der Waals surface area contributed by atoms with Crippen molar-refractivity contribution in [3.8, 4) is 11.5 Å². The molecule has 2 atom stereocenters. The minimum Gasteiger partial charge on any atom is -0.436 e. The second-order valence-electron chi connectivity index (χ2n) is 9.13. The highest BCUT2D eigenvalue weighted by molar-refractivity contribution is 5.94. The molecule has 0 bridgehead atoms. The van der Waals surface area contributed by atoms with Gasteiger partial charge in [-0.1, -0.05) is 25.0 Å². The first kappa shape index (κ1) is 20.7. The van der Waals surface area contributed by atoms with Crippen molar-refractivity contribution in [2.45, 2.75) is 57.0 Å². The summed E-state index contributed by atoms with van der Waals surface area (Å²) in [6.45, 7) is 0. The molecule has 0 spiro atoms. The Morgan fingerprint density at radius 3 is 2.50 bits per heavy atom. The molecule has 166 valence electrons. The van der Waals surface area contributed by atoms with Crippen molar-refractivity contribution >= 4 is 22.9 Å². The van der Waals surface area contributed by atoms with E-state index in [0.717, 1.165) is 61.6 Å². The summed E-state index contributed by atoms with van der Waals surface area (Å²) >= 11 is 0. The van der Waals surface area contributed by atoms with Gasteiger partial charge in [-0.25, -0.2) is 4.98 Å². The monoisotopic (exact) mass is 431 g/mol. The zero-order valence-corrected chi connectivity index (χ0v) is 18.4. The Labute approximate surface area is 188 Å². The first-order valence-electron chi connectivity index (χ1n) is 11.6. The predicted molar refractivity (Wildman–Crippen MR) is 123 cm³/mol. The molecule has 2 aromatic carbocycles. The van der Waals surface area contributed by atoms with Gasteiger partial charge < -0.3 is 14.6 Å². The second kappa shape index (κ2) is 8.77. The van der Waals surface area contributed by atoms with E-state index in [2.05, 4.69) is 10.3 Å². The van der Waals surface area contributed by atoms with Gasteiger partial charge in [0.2, 0.25) is 11.8 Å². The molecule has 32 heavy (non-hydrogen) atoms. The predicted octanol–water partition coefficient (Wildman–Crippen LogP) is 4.79. The molecule has 1 aromatic heterocycles. The maximum absolute atomic E-state index is 13.1. The molecule has 0 radical (unpaired) electrons. The lowest BCUT2D eigenvalue weighted by atomic mass is 10.1. The number of hydrogen-bond donors (Lipinski definition) is 1. The second-order valence-corrected chi connectivity index (χ2v) is 9.13. The maximum atomic E-state index is 13.1. The number of carbonyl (C=O) groups is 2. The molecule has 1 N–H and O–H groups in total. The van der Waals surface area contributed by atoms with Gasteiger partial charge in [0.1, 0.15) is 5.52 Å². The average Bonchev–Trinajstić information content (AvgIpc) is 3.58. The highest BCUT2D eigenvalue weighted by Crippen LogP contribution is 2.29. The van der Waals surface area contributed by atoms with E-state index < -0.39 is 0 Å².